The van der Waals surface area contributed by atoms with Crippen molar-refractivity contribution in [1.82, 2.24) is 24.6 Å². The van der Waals surface area contributed by atoms with E-state index in [0.29, 0.717) is 27.8 Å². The Kier molecular flexibility index (Phi) is 2.40. The lowest BCUT2D eigenvalue weighted by Gasteiger charge is -2.04. The summed E-state index contributed by atoms with van der Waals surface area (Å²) in [6, 6.07) is 13.5. The Morgan fingerprint density at radius 2 is 1.75 bits per heavy atom. The second-order valence-corrected chi connectivity index (χ2v) is 4.66. The first-order chi connectivity index (χ1) is 9.84. The molecule has 0 radical (unpaired) electrons. The van der Waals surface area contributed by atoms with Crippen molar-refractivity contribution in [2.45, 2.75) is 0 Å². The Hall–Kier alpha value is -2.53. The Labute approximate surface area is 118 Å². The average Bonchev–Trinajstić information content (AvgIpc) is 2.94. The van der Waals surface area contributed by atoms with Crippen LogP contribution >= 0.6 is 11.6 Å². The predicted octanol–water partition coefficient (Wildman–Crippen LogP) is 2.99. The van der Waals surface area contributed by atoms with E-state index in [2.05, 4.69) is 20.2 Å². The van der Waals surface area contributed by atoms with Crippen molar-refractivity contribution >= 4 is 28.4 Å². The third-order valence-electron chi connectivity index (χ3n) is 3.08. The van der Waals surface area contributed by atoms with Crippen molar-refractivity contribution in [3.63, 3.8) is 0 Å². The van der Waals surface area contributed by atoms with E-state index in [1.165, 1.54) is 0 Å². The zero-order chi connectivity index (χ0) is 13.5. The molecule has 0 saturated heterocycles. The minimum atomic E-state index is 0.320. The van der Waals surface area contributed by atoms with Crippen LogP contribution in [0.3, 0.4) is 0 Å². The molecule has 5 nitrogen and oxygen atoms in total. The molecule has 0 amide bonds. The van der Waals surface area contributed by atoms with Gasteiger partial charge in [0.15, 0.2) is 16.6 Å². The van der Waals surface area contributed by atoms with Gasteiger partial charge in [0.25, 0.3) is 0 Å². The molecule has 0 aliphatic rings. The Balaban J connectivity index is 2.19. The number of rotatable bonds is 1. The van der Waals surface area contributed by atoms with Crippen LogP contribution < -0.4 is 0 Å². The summed E-state index contributed by atoms with van der Waals surface area (Å²) in [5.74, 6) is 0.702. The molecule has 0 unspecified atom stereocenters. The Bertz CT molecular complexity index is 917. The summed E-state index contributed by atoms with van der Waals surface area (Å²) in [7, 11) is 0. The van der Waals surface area contributed by atoms with Crippen LogP contribution in [0.15, 0.2) is 48.7 Å². The number of aromatic nitrogens is 5. The molecule has 3 aromatic heterocycles. The lowest BCUT2D eigenvalue weighted by molar-refractivity contribution is 1.11. The van der Waals surface area contributed by atoms with Crippen LogP contribution in [-0.4, -0.2) is 24.6 Å². The van der Waals surface area contributed by atoms with Gasteiger partial charge in [0, 0.05) is 11.8 Å². The number of nitrogens with zero attached hydrogens (tertiary/aromatic N) is 5. The quantitative estimate of drug-likeness (QED) is 0.538. The minimum absolute atomic E-state index is 0.320. The first-order valence-electron chi connectivity index (χ1n) is 6.05. The molecule has 0 spiro atoms. The van der Waals surface area contributed by atoms with Gasteiger partial charge in [0.1, 0.15) is 5.52 Å². The van der Waals surface area contributed by atoms with Crippen molar-refractivity contribution in [3.8, 4) is 11.4 Å². The van der Waals surface area contributed by atoms with Gasteiger partial charge in [-0.1, -0.05) is 41.9 Å². The monoisotopic (exact) mass is 281 g/mol. The molecule has 96 valence electrons. The summed E-state index contributed by atoms with van der Waals surface area (Å²) in [6.07, 6.45) is 1.71. The van der Waals surface area contributed by atoms with E-state index in [9.17, 15) is 0 Å². The number of pyridine rings is 1. The highest BCUT2D eigenvalue weighted by atomic mass is 35.5. The fourth-order valence-electron chi connectivity index (χ4n) is 2.20. The maximum Gasteiger partial charge on any atom is 0.200 e. The topological polar surface area (TPSA) is 56.0 Å². The second-order valence-electron chi connectivity index (χ2n) is 4.30. The summed E-state index contributed by atoms with van der Waals surface area (Å²) in [5.41, 5.74) is 2.86. The largest absolute Gasteiger partial charge is 0.254 e. The molecule has 4 rings (SSSR count). The van der Waals surface area contributed by atoms with E-state index in [-0.39, 0.29) is 0 Å². The highest BCUT2D eigenvalue weighted by Crippen LogP contribution is 2.25. The first kappa shape index (κ1) is 11.3. The van der Waals surface area contributed by atoms with Gasteiger partial charge in [0.05, 0.1) is 0 Å². The molecular formula is C14H8ClN5. The molecule has 0 aliphatic carbocycles. The SMILES string of the molecule is Clc1nc2cccnc2n2c(-c3ccccc3)nnc12. The van der Waals surface area contributed by atoms with Gasteiger partial charge in [-0.25, -0.2) is 9.97 Å². The van der Waals surface area contributed by atoms with Crippen molar-refractivity contribution in [1.29, 1.82) is 0 Å². The lowest BCUT2D eigenvalue weighted by atomic mass is 10.2. The van der Waals surface area contributed by atoms with Gasteiger partial charge in [-0.05, 0) is 12.1 Å². The minimum Gasteiger partial charge on any atom is -0.254 e. The molecule has 1 aromatic carbocycles. The normalized spacial score (nSPS) is 11.2. The van der Waals surface area contributed by atoms with E-state index in [1.807, 2.05) is 46.9 Å². The van der Waals surface area contributed by atoms with Gasteiger partial charge in [-0.15, -0.1) is 10.2 Å². The summed E-state index contributed by atoms with van der Waals surface area (Å²) in [6.45, 7) is 0. The predicted molar refractivity (Wildman–Crippen MR) is 76.5 cm³/mol. The fraction of sp³-hybridized carbons (Fsp3) is 0. The lowest BCUT2D eigenvalue weighted by Crippen LogP contribution is -1.97. The maximum absolute atomic E-state index is 6.17. The molecule has 0 N–H and O–H groups in total. The standard InChI is InChI=1S/C14H8ClN5/c15-11-14-19-18-12(9-5-2-1-3-6-9)20(14)13-10(17-11)7-4-8-16-13/h1-8H. The number of hydrogen-bond acceptors (Lipinski definition) is 4. The first-order valence-corrected chi connectivity index (χ1v) is 6.43. The van der Waals surface area contributed by atoms with E-state index >= 15 is 0 Å². The second kappa shape index (κ2) is 4.25. The summed E-state index contributed by atoms with van der Waals surface area (Å²) < 4.78 is 1.83. The van der Waals surface area contributed by atoms with Crippen LogP contribution in [-0.2, 0) is 0 Å². The molecule has 6 heteroatoms. The van der Waals surface area contributed by atoms with Crippen LogP contribution in [0.1, 0.15) is 0 Å². The van der Waals surface area contributed by atoms with Gasteiger partial charge in [-0.3, -0.25) is 4.40 Å². The Morgan fingerprint density at radius 3 is 2.60 bits per heavy atom. The molecule has 0 atom stereocenters. The molecule has 3 heterocycles. The molecule has 0 saturated carbocycles. The zero-order valence-corrected chi connectivity index (χ0v) is 11.0. The number of fused-ring (bicyclic) bond motifs is 3. The number of halogens is 1. The van der Waals surface area contributed by atoms with Gasteiger partial charge >= 0.3 is 0 Å². The fourth-order valence-corrected chi connectivity index (χ4v) is 2.41. The van der Waals surface area contributed by atoms with Crippen LogP contribution in [0, 0.1) is 0 Å². The molecule has 0 fully saturated rings. The summed E-state index contributed by atoms with van der Waals surface area (Å²) in [4.78, 5) is 8.66. The number of benzene rings is 1. The van der Waals surface area contributed by atoms with Crippen LogP contribution in [0.4, 0.5) is 0 Å². The van der Waals surface area contributed by atoms with Gasteiger partial charge in [-0.2, -0.15) is 0 Å². The van der Waals surface area contributed by atoms with E-state index in [1.54, 1.807) is 6.20 Å². The van der Waals surface area contributed by atoms with E-state index in [4.69, 9.17) is 11.6 Å². The molecule has 4 aromatic rings. The van der Waals surface area contributed by atoms with Gasteiger partial charge in [0.2, 0.25) is 5.65 Å². The van der Waals surface area contributed by atoms with Crippen LogP contribution in [0.25, 0.3) is 28.2 Å². The van der Waals surface area contributed by atoms with Crippen molar-refractivity contribution in [2.75, 3.05) is 0 Å². The zero-order valence-electron chi connectivity index (χ0n) is 10.2. The highest BCUT2D eigenvalue weighted by molar-refractivity contribution is 6.32. The van der Waals surface area contributed by atoms with Crippen molar-refractivity contribution < 1.29 is 0 Å². The molecule has 0 aliphatic heterocycles. The van der Waals surface area contributed by atoms with Crippen molar-refractivity contribution in [2.24, 2.45) is 0 Å². The molecule has 20 heavy (non-hydrogen) atoms. The maximum atomic E-state index is 6.17. The van der Waals surface area contributed by atoms with E-state index in [0.717, 1.165) is 5.56 Å². The Morgan fingerprint density at radius 1 is 0.900 bits per heavy atom. The highest BCUT2D eigenvalue weighted by Gasteiger charge is 2.15. The smallest absolute Gasteiger partial charge is 0.200 e. The van der Waals surface area contributed by atoms with Crippen LogP contribution in [0.5, 0.6) is 0 Å². The van der Waals surface area contributed by atoms with Crippen molar-refractivity contribution in [3.05, 3.63) is 53.8 Å². The molecular weight excluding hydrogens is 274 g/mol. The van der Waals surface area contributed by atoms with E-state index < -0.39 is 0 Å². The third-order valence-corrected chi connectivity index (χ3v) is 3.33. The average molecular weight is 282 g/mol. The van der Waals surface area contributed by atoms with Crippen LogP contribution in [0.2, 0.25) is 5.15 Å². The summed E-state index contributed by atoms with van der Waals surface area (Å²) >= 11 is 6.17. The number of hydrogen-bond donors (Lipinski definition) is 0. The van der Waals surface area contributed by atoms with Gasteiger partial charge < -0.3 is 0 Å². The third kappa shape index (κ3) is 1.57. The molecule has 0 bridgehead atoms. The summed E-state index contributed by atoms with van der Waals surface area (Å²) in [5, 5.41) is 8.67.